The Morgan fingerprint density at radius 3 is 2.30 bits per heavy atom. The van der Waals surface area contributed by atoms with Crippen LogP contribution in [0.25, 0.3) is 11.1 Å². The van der Waals surface area contributed by atoms with Crippen molar-refractivity contribution >= 4 is 27.2 Å². The summed E-state index contributed by atoms with van der Waals surface area (Å²) in [5, 5.41) is 4.61. The van der Waals surface area contributed by atoms with Crippen LogP contribution in [0.3, 0.4) is 0 Å². The van der Waals surface area contributed by atoms with Crippen LogP contribution >= 0.6 is 0 Å². The molecule has 33 heavy (non-hydrogen) atoms. The van der Waals surface area contributed by atoms with Crippen molar-refractivity contribution in [2.45, 2.75) is 31.1 Å². The van der Waals surface area contributed by atoms with E-state index < -0.39 is 9.84 Å². The number of rotatable bonds is 8. The smallest absolute Gasteiger partial charge is 0.338 e. The zero-order valence-corrected chi connectivity index (χ0v) is 19.5. The van der Waals surface area contributed by atoms with Crippen molar-refractivity contribution in [1.82, 2.24) is 0 Å². The molecule has 0 saturated carbocycles. The van der Waals surface area contributed by atoms with Crippen molar-refractivity contribution in [3.63, 3.8) is 0 Å². The molecule has 4 rings (SSSR count). The van der Waals surface area contributed by atoms with Crippen LogP contribution in [0.15, 0.2) is 76.7 Å². The van der Waals surface area contributed by atoms with Gasteiger partial charge in [0, 0.05) is 17.4 Å². The summed E-state index contributed by atoms with van der Waals surface area (Å²) in [6.45, 7) is 2.54. The second kappa shape index (κ2) is 9.58. The van der Waals surface area contributed by atoms with Gasteiger partial charge in [-0.3, -0.25) is 5.43 Å². The Hall–Kier alpha value is -3.45. The number of ether oxygens (including phenoxy) is 1. The largest absolute Gasteiger partial charge is 0.462 e. The van der Waals surface area contributed by atoms with Crippen molar-refractivity contribution < 1.29 is 17.9 Å². The SMILES string of the molecule is CCCCCOC(=O)c1ccc2c(c1)-c1ccccc1/C2=N/Nc1ccc(S(C)(=O)=O)cc1. The van der Waals surface area contributed by atoms with Gasteiger partial charge in [-0.2, -0.15) is 5.10 Å². The summed E-state index contributed by atoms with van der Waals surface area (Å²) >= 11 is 0. The number of hydrogen-bond acceptors (Lipinski definition) is 6. The number of esters is 1. The molecule has 3 aromatic rings. The predicted octanol–water partition coefficient (Wildman–Crippen LogP) is 5.28. The molecule has 0 spiro atoms. The van der Waals surface area contributed by atoms with Crippen LogP contribution in [0.5, 0.6) is 0 Å². The number of nitrogens with zero attached hydrogens (tertiary/aromatic N) is 1. The van der Waals surface area contributed by atoms with Crippen LogP contribution in [0, 0.1) is 0 Å². The molecule has 0 atom stereocenters. The lowest BCUT2D eigenvalue weighted by Crippen LogP contribution is -2.07. The molecule has 1 aliphatic rings. The first-order valence-corrected chi connectivity index (χ1v) is 12.8. The van der Waals surface area contributed by atoms with Crippen LogP contribution in [0.2, 0.25) is 0 Å². The highest BCUT2D eigenvalue weighted by Gasteiger charge is 2.26. The third-order valence-corrected chi connectivity index (χ3v) is 6.67. The molecule has 0 amide bonds. The summed E-state index contributed by atoms with van der Waals surface area (Å²) in [6, 6.07) is 19.9. The van der Waals surface area contributed by atoms with E-state index in [0.29, 0.717) is 17.9 Å². The number of sulfone groups is 1. The molecule has 0 aliphatic heterocycles. The molecule has 0 saturated heterocycles. The molecule has 3 aromatic carbocycles. The van der Waals surface area contributed by atoms with Crippen LogP contribution in [0.1, 0.15) is 47.7 Å². The summed E-state index contributed by atoms with van der Waals surface area (Å²) in [6.07, 6.45) is 4.15. The van der Waals surface area contributed by atoms with Gasteiger partial charge in [-0.25, -0.2) is 13.2 Å². The third kappa shape index (κ3) is 4.98. The van der Waals surface area contributed by atoms with E-state index in [1.165, 1.54) is 6.26 Å². The van der Waals surface area contributed by atoms with Gasteiger partial charge in [0.2, 0.25) is 0 Å². The average Bonchev–Trinajstić information content (AvgIpc) is 3.13. The van der Waals surface area contributed by atoms with Crippen LogP contribution in [-0.4, -0.2) is 33.0 Å². The first-order chi connectivity index (χ1) is 15.9. The Labute approximate surface area is 194 Å². The maximum absolute atomic E-state index is 12.5. The molecule has 7 heteroatoms. The molecule has 0 fully saturated rings. The molecule has 6 nitrogen and oxygen atoms in total. The van der Waals surface area contributed by atoms with E-state index >= 15 is 0 Å². The molecular formula is C26H26N2O4S. The van der Waals surface area contributed by atoms with Gasteiger partial charge in [-0.1, -0.05) is 50.1 Å². The molecular weight excluding hydrogens is 436 g/mol. The minimum absolute atomic E-state index is 0.256. The average molecular weight is 463 g/mol. The minimum atomic E-state index is -3.25. The Balaban J connectivity index is 1.61. The second-order valence-electron chi connectivity index (χ2n) is 8.02. The lowest BCUT2D eigenvalue weighted by atomic mass is 10.0. The fourth-order valence-corrected chi connectivity index (χ4v) is 4.42. The van der Waals surface area contributed by atoms with Gasteiger partial charge in [0.1, 0.15) is 0 Å². The molecule has 1 aliphatic carbocycles. The van der Waals surface area contributed by atoms with Gasteiger partial charge in [-0.05, 0) is 53.9 Å². The van der Waals surface area contributed by atoms with Gasteiger partial charge in [0.15, 0.2) is 9.84 Å². The number of fused-ring (bicyclic) bond motifs is 3. The zero-order valence-electron chi connectivity index (χ0n) is 18.7. The normalized spacial score (nSPS) is 13.5. The summed E-state index contributed by atoms with van der Waals surface area (Å²) in [5.74, 6) is -0.319. The number of nitrogens with one attached hydrogen (secondary N) is 1. The van der Waals surface area contributed by atoms with Gasteiger partial charge in [0.05, 0.1) is 28.5 Å². The number of benzene rings is 3. The number of carbonyl (C=O) groups is 1. The molecule has 0 radical (unpaired) electrons. The lowest BCUT2D eigenvalue weighted by Gasteiger charge is -2.07. The molecule has 0 bridgehead atoms. The summed E-state index contributed by atoms with van der Waals surface area (Å²) in [5.41, 5.74) is 8.79. The molecule has 170 valence electrons. The second-order valence-corrected chi connectivity index (χ2v) is 10.0. The fraction of sp³-hybridized carbons (Fsp3) is 0.231. The van der Waals surface area contributed by atoms with E-state index in [-0.39, 0.29) is 10.9 Å². The highest BCUT2D eigenvalue weighted by Crippen LogP contribution is 2.37. The number of hydrogen-bond donors (Lipinski definition) is 1. The number of anilines is 1. The van der Waals surface area contributed by atoms with E-state index in [0.717, 1.165) is 47.2 Å². The van der Waals surface area contributed by atoms with Crippen LogP contribution < -0.4 is 5.43 Å². The van der Waals surface area contributed by atoms with Crippen molar-refractivity contribution in [2.75, 3.05) is 18.3 Å². The number of unbranched alkanes of at least 4 members (excludes halogenated alkanes) is 2. The maximum Gasteiger partial charge on any atom is 0.338 e. The molecule has 1 N–H and O–H groups in total. The summed E-state index contributed by atoms with van der Waals surface area (Å²) in [7, 11) is -3.25. The summed E-state index contributed by atoms with van der Waals surface area (Å²) in [4.78, 5) is 12.8. The van der Waals surface area contributed by atoms with E-state index in [4.69, 9.17) is 4.74 Å². The standard InChI is InChI=1S/C26H26N2O4S/c1-3-4-7-16-32-26(29)18-10-15-23-24(17-18)21-8-5-6-9-22(21)25(23)28-27-19-11-13-20(14-12-19)33(2,30)31/h5-6,8-15,17,27H,3-4,7,16H2,1-2H3/b28-25-. The first kappa shape index (κ1) is 22.7. The summed E-state index contributed by atoms with van der Waals surface area (Å²) < 4.78 is 28.8. The van der Waals surface area contributed by atoms with E-state index in [1.807, 2.05) is 36.4 Å². The first-order valence-electron chi connectivity index (χ1n) is 10.9. The van der Waals surface area contributed by atoms with Gasteiger partial charge in [-0.15, -0.1) is 0 Å². The van der Waals surface area contributed by atoms with Gasteiger partial charge >= 0.3 is 5.97 Å². The molecule has 0 unspecified atom stereocenters. The minimum Gasteiger partial charge on any atom is -0.462 e. The predicted molar refractivity (Wildman–Crippen MR) is 130 cm³/mol. The fourth-order valence-electron chi connectivity index (χ4n) is 3.79. The number of carbonyl (C=O) groups excluding carboxylic acids is 1. The van der Waals surface area contributed by atoms with E-state index in [9.17, 15) is 13.2 Å². The van der Waals surface area contributed by atoms with Crippen molar-refractivity contribution in [3.05, 3.63) is 83.4 Å². The van der Waals surface area contributed by atoms with Crippen LogP contribution in [-0.2, 0) is 14.6 Å². The van der Waals surface area contributed by atoms with Crippen molar-refractivity contribution in [3.8, 4) is 11.1 Å². The monoisotopic (exact) mass is 462 g/mol. The Bertz CT molecular complexity index is 1310. The molecule has 0 aromatic heterocycles. The van der Waals surface area contributed by atoms with E-state index in [2.05, 4.69) is 17.5 Å². The van der Waals surface area contributed by atoms with E-state index in [1.54, 1.807) is 30.3 Å². The third-order valence-electron chi connectivity index (χ3n) is 5.54. The van der Waals surface area contributed by atoms with Crippen molar-refractivity contribution in [2.24, 2.45) is 5.10 Å². The number of hydrazone groups is 1. The zero-order chi connectivity index (χ0) is 23.4. The lowest BCUT2D eigenvalue weighted by molar-refractivity contribution is 0.0498. The Kier molecular flexibility index (Phi) is 6.60. The van der Waals surface area contributed by atoms with Crippen LogP contribution in [0.4, 0.5) is 5.69 Å². The van der Waals surface area contributed by atoms with Gasteiger partial charge in [0.25, 0.3) is 0 Å². The van der Waals surface area contributed by atoms with Crippen molar-refractivity contribution in [1.29, 1.82) is 0 Å². The Morgan fingerprint density at radius 2 is 1.61 bits per heavy atom. The van der Waals surface area contributed by atoms with Gasteiger partial charge < -0.3 is 4.74 Å². The molecule has 0 heterocycles. The highest BCUT2D eigenvalue weighted by molar-refractivity contribution is 7.90. The maximum atomic E-state index is 12.5. The quantitative estimate of drug-likeness (QED) is 0.219. The highest BCUT2D eigenvalue weighted by atomic mass is 32.2. The Morgan fingerprint density at radius 1 is 0.909 bits per heavy atom. The topological polar surface area (TPSA) is 84.8 Å².